The van der Waals surface area contributed by atoms with Gasteiger partial charge in [0.2, 0.25) is 15.9 Å². The Bertz CT molecular complexity index is 438. The van der Waals surface area contributed by atoms with Gasteiger partial charge in [-0.05, 0) is 0 Å². The van der Waals surface area contributed by atoms with E-state index in [1.807, 2.05) is 0 Å². The third-order valence-corrected chi connectivity index (χ3v) is 3.97. The molecule has 1 heterocycles. The summed E-state index contributed by atoms with van der Waals surface area (Å²) < 4.78 is 36.0. The van der Waals surface area contributed by atoms with Crippen LogP contribution < -0.4 is 0 Å². The Balaban J connectivity index is 2.96. The van der Waals surface area contributed by atoms with Gasteiger partial charge in [-0.25, -0.2) is 12.8 Å². The van der Waals surface area contributed by atoms with Crippen molar-refractivity contribution < 1.29 is 27.5 Å². The molecule has 1 unspecified atom stereocenters. The van der Waals surface area contributed by atoms with E-state index in [2.05, 4.69) is 0 Å². The highest BCUT2D eigenvalue weighted by Crippen LogP contribution is 2.17. The summed E-state index contributed by atoms with van der Waals surface area (Å²) in [6, 6.07) is -1.28. The summed E-state index contributed by atoms with van der Waals surface area (Å²) in [5.41, 5.74) is 0. The number of piperazine rings is 1. The van der Waals surface area contributed by atoms with E-state index in [1.165, 1.54) is 0 Å². The summed E-state index contributed by atoms with van der Waals surface area (Å²) in [6.07, 6.45) is 0.300. The second-order valence-corrected chi connectivity index (χ2v) is 5.94. The van der Waals surface area contributed by atoms with Gasteiger partial charge in [0.05, 0.1) is 12.7 Å². The first-order valence-electron chi connectivity index (χ1n) is 5.30. The first-order valence-corrected chi connectivity index (χ1v) is 7.15. The van der Waals surface area contributed by atoms with Gasteiger partial charge in [-0.3, -0.25) is 9.59 Å². The molecule has 0 aromatic rings. The Labute approximate surface area is 104 Å². The van der Waals surface area contributed by atoms with Crippen molar-refractivity contribution in [2.45, 2.75) is 12.5 Å². The molecule has 0 bridgehead atoms. The lowest BCUT2D eigenvalue weighted by molar-refractivity contribution is -0.146. The number of rotatable bonds is 5. The summed E-state index contributed by atoms with van der Waals surface area (Å²) in [7, 11) is -3.66. The fraction of sp³-hybridized carbons (Fsp3) is 0.778. The van der Waals surface area contributed by atoms with Crippen LogP contribution in [0.2, 0.25) is 0 Å². The van der Waals surface area contributed by atoms with Crippen LogP contribution in [0.5, 0.6) is 0 Å². The zero-order valence-electron chi connectivity index (χ0n) is 9.87. The molecule has 1 aliphatic rings. The fourth-order valence-electron chi connectivity index (χ4n) is 1.89. The highest BCUT2D eigenvalue weighted by atomic mass is 32.2. The van der Waals surface area contributed by atoms with E-state index in [4.69, 9.17) is 5.11 Å². The predicted octanol–water partition coefficient (Wildman–Crippen LogP) is -1.10. The second-order valence-electron chi connectivity index (χ2n) is 4.00. The molecule has 0 aromatic heterocycles. The van der Waals surface area contributed by atoms with Gasteiger partial charge in [-0.2, -0.15) is 4.31 Å². The number of carbonyl (C=O) groups excluding carboxylic acids is 1. The number of hydrogen-bond donors (Lipinski definition) is 1. The lowest BCUT2D eigenvalue weighted by Gasteiger charge is -2.38. The van der Waals surface area contributed by atoms with Crippen LogP contribution in [0.4, 0.5) is 4.39 Å². The average Bonchev–Trinajstić information content (AvgIpc) is 2.22. The summed E-state index contributed by atoms with van der Waals surface area (Å²) in [5.74, 6) is -1.93. The molecule has 7 nitrogen and oxygen atoms in total. The molecule has 1 N–H and O–H groups in total. The molecule has 1 atom stereocenters. The highest BCUT2D eigenvalue weighted by Gasteiger charge is 2.40. The van der Waals surface area contributed by atoms with E-state index in [9.17, 15) is 22.4 Å². The van der Waals surface area contributed by atoms with E-state index in [0.29, 0.717) is 0 Å². The summed E-state index contributed by atoms with van der Waals surface area (Å²) in [6.45, 7) is -0.828. The van der Waals surface area contributed by atoms with Crippen molar-refractivity contribution in [1.29, 1.82) is 0 Å². The third kappa shape index (κ3) is 3.39. The van der Waals surface area contributed by atoms with E-state index >= 15 is 0 Å². The van der Waals surface area contributed by atoms with Crippen LogP contribution in [-0.2, 0) is 19.6 Å². The number of carbonyl (C=O) groups is 2. The van der Waals surface area contributed by atoms with Crippen LogP contribution in [0.1, 0.15) is 6.42 Å². The molecule has 1 saturated heterocycles. The molecule has 104 valence electrons. The average molecular weight is 282 g/mol. The zero-order valence-corrected chi connectivity index (χ0v) is 10.7. The monoisotopic (exact) mass is 282 g/mol. The molecule has 0 saturated carbocycles. The molecule has 0 radical (unpaired) electrons. The number of aliphatic carboxylic acids is 1. The van der Waals surface area contributed by atoms with Gasteiger partial charge in [-0.15, -0.1) is 0 Å². The zero-order chi connectivity index (χ0) is 13.9. The van der Waals surface area contributed by atoms with E-state index in [0.717, 1.165) is 15.5 Å². The Morgan fingerprint density at radius 2 is 2.11 bits per heavy atom. The standard InChI is InChI=1S/C9H15FN2O5S/c1-18(16,17)12-5-4-11(3-2-10)9(15)7(12)6-8(13)14/h7H,2-6H2,1H3,(H,13,14). The van der Waals surface area contributed by atoms with E-state index in [1.54, 1.807) is 0 Å². The smallest absolute Gasteiger partial charge is 0.305 e. The van der Waals surface area contributed by atoms with Gasteiger partial charge < -0.3 is 10.0 Å². The van der Waals surface area contributed by atoms with Crippen molar-refractivity contribution in [3.63, 3.8) is 0 Å². The van der Waals surface area contributed by atoms with Crippen LogP contribution in [0.15, 0.2) is 0 Å². The number of carboxylic acids is 1. The number of carboxylic acid groups (broad SMARTS) is 1. The molecule has 0 aliphatic carbocycles. The number of alkyl halides is 1. The van der Waals surface area contributed by atoms with Crippen molar-refractivity contribution in [2.24, 2.45) is 0 Å². The maximum Gasteiger partial charge on any atom is 0.305 e. The Kier molecular flexibility index (Phi) is 4.63. The molecule has 1 rings (SSSR count). The molecule has 1 aliphatic heterocycles. The number of nitrogens with zero attached hydrogens (tertiary/aromatic N) is 2. The summed E-state index contributed by atoms with van der Waals surface area (Å²) in [4.78, 5) is 23.7. The Hall–Kier alpha value is -1.22. The van der Waals surface area contributed by atoms with E-state index in [-0.39, 0.29) is 19.6 Å². The quantitative estimate of drug-likeness (QED) is 0.691. The van der Waals surface area contributed by atoms with Gasteiger partial charge in [0.25, 0.3) is 0 Å². The molecule has 1 amide bonds. The van der Waals surface area contributed by atoms with Crippen molar-refractivity contribution in [3.05, 3.63) is 0 Å². The van der Waals surface area contributed by atoms with Gasteiger partial charge >= 0.3 is 5.97 Å². The largest absolute Gasteiger partial charge is 0.481 e. The number of amides is 1. The molecular weight excluding hydrogens is 267 g/mol. The predicted molar refractivity (Wildman–Crippen MR) is 60.1 cm³/mol. The van der Waals surface area contributed by atoms with Crippen molar-refractivity contribution in [2.75, 3.05) is 32.6 Å². The molecule has 0 spiro atoms. The van der Waals surface area contributed by atoms with Gasteiger partial charge in [0.1, 0.15) is 12.7 Å². The Morgan fingerprint density at radius 3 is 2.56 bits per heavy atom. The third-order valence-electron chi connectivity index (χ3n) is 2.68. The van der Waals surface area contributed by atoms with Gasteiger partial charge in [0, 0.05) is 19.6 Å². The van der Waals surface area contributed by atoms with Gasteiger partial charge in [-0.1, -0.05) is 0 Å². The van der Waals surface area contributed by atoms with Crippen molar-refractivity contribution >= 4 is 21.9 Å². The van der Waals surface area contributed by atoms with Crippen LogP contribution in [0.25, 0.3) is 0 Å². The maximum absolute atomic E-state index is 12.2. The highest BCUT2D eigenvalue weighted by molar-refractivity contribution is 7.88. The lowest BCUT2D eigenvalue weighted by Crippen LogP contribution is -2.59. The van der Waals surface area contributed by atoms with E-state index < -0.39 is 41.0 Å². The minimum Gasteiger partial charge on any atom is -0.481 e. The van der Waals surface area contributed by atoms with Crippen LogP contribution >= 0.6 is 0 Å². The Morgan fingerprint density at radius 1 is 1.50 bits per heavy atom. The van der Waals surface area contributed by atoms with Crippen LogP contribution in [-0.4, -0.2) is 73.2 Å². The summed E-state index contributed by atoms with van der Waals surface area (Å²) >= 11 is 0. The first-order chi connectivity index (χ1) is 8.27. The number of sulfonamides is 1. The fourth-order valence-corrected chi connectivity index (χ4v) is 2.93. The molecule has 9 heteroatoms. The van der Waals surface area contributed by atoms with Crippen molar-refractivity contribution in [1.82, 2.24) is 9.21 Å². The lowest BCUT2D eigenvalue weighted by atomic mass is 10.1. The van der Waals surface area contributed by atoms with Crippen molar-refractivity contribution in [3.8, 4) is 0 Å². The molecular formula is C9H15FN2O5S. The molecule has 0 aromatic carbocycles. The molecule has 1 fully saturated rings. The number of hydrogen-bond acceptors (Lipinski definition) is 4. The number of halogens is 1. The van der Waals surface area contributed by atoms with Gasteiger partial charge in [0.15, 0.2) is 0 Å². The minimum atomic E-state index is -3.66. The second kappa shape index (κ2) is 5.61. The maximum atomic E-state index is 12.2. The SMILES string of the molecule is CS(=O)(=O)N1CCN(CCF)C(=O)C1CC(=O)O. The molecule has 18 heavy (non-hydrogen) atoms. The van der Waals surface area contributed by atoms with Crippen LogP contribution in [0.3, 0.4) is 0 Å². The topological polar surface area (TPSA) is 95.0 Å². The van der Waals surface area contributed by atoms with Crippen LogP contribution in [0, 0.1) is 0 Å². The minimum absolute atomic E-state index is 0.0114. The normalized spacial score (nSPS) is 22.2. The summed E-state index contributed by atoms with van der Waals surface area (Å²) in [5, 5.41) is 8.72. The first kappa shape index (κ1) is 14.8.